The summed E-state index contributed by atoms with van der Waals surface area (Å²) in [6.45, 7) is 1.27. The zero-order valence-electron chi connectivity index (χ0n) is 12.6. The summed E-state index contributed by atoms with van der Waals surface area (Å²) in [5, 5.41) is 21.8. The van der Waals surface area contributed by atoms with Gasteiger partial charge in [-0.15, -0.1) is 0 Å². The van der Waals surface area contributed by atoms with Gasteiger partial charge in [0.05, 0.1) is 17.0 Å². The van der Waals surface area contributed by atoms with Crippen molar-refractivity contribution in [3.05, 3.63) is 47.9 Å². The molecule has 2 heterocycles. The lowest BCUT2D eigenvalue weighted by atomic mass is 10.3. The maximum Gasteiger partial charge on any atom is 0.295 e. The lowest BCUT2D eigenvalue weighted by molar-refractivity contribution is -0.641. The molecule has 0 amide bonds. The van der Waals surface area contributed by atoms with Crippen LogP contribution < -0.4 is 20.2 Å². The molecule has 0 saturated heterocycles. The zero-order chi connectivity index (χ0) is 16.1. The Hall–Kier alpha value is -3.00. The van der Waals surface area contributed by atoms with Gasteiger partial charge in [-0.2, -0.15) is 0 Å². The van der Waals surface area contributed by atoms with E-state index in [1.165, 1.54) is 0 Å². The first-order chi connectivity index (χ1) is 11.3. The van der Waals surface area contributed by atoms with Gasteiger partial charge in [0.1, 0.15) is 17.9 Å². The molecule has 0 unspecified atom stereocenters. The van der Waals surface area contributed by atoms with Crippen LogP contribution in [0.25, 0.3) is 11.0 Å². The van der Waals surface area contributed by atoms with Crippen molar-refractivity contribution in [2.75, 3.05) is 25.5 Å². The van der Waals surface area contributed by atoms with E-state index >= 15 is 0 Å². The second kappa shape index (κ2) is 6.84. The molecule has 1 aromatic carbocycles. The fraction of sp³-hybridized carbons (Fsp3) is 0.200. The van der Waals surface area contributed by atoms with Crippen LogP contribution >= 0.6 is 0 Å². The number of anilines is 2. The van der Waals surface area contributed by atoms with Crippen LogP contribution in [-0.4, -0.2) is 35.3 Å². The number of rotatable bonds is 6. The highest BCUT2D eigenvalue weighted by molar-refractivity contribution is 5.74. The molecule has 3 aromatic rings. The van der Waals surface area contributed by atoms with E-state index in [1.807, 2.05) is 13.1 Å². The molecule has 8 heteroatoms. The summed E-state index contributed by atoms with van der Waals surface area (Å²) in [6, 6.07) is 8.68. The number of likely N-dealkylation sites (N-methyl/N-ethyl adjacent to an activating group) is 1. The Morgan fingerprint density at radius 2 is 2.22 bits per heavy atom. The molecule has 23 heavy (non-hydrogen) atoms. The van der Waals surface area contributed by atoms with Crippen LogP contribution in [0.15, 0.2) is 42.7 Å². The fourth-order valence-electron chi connectivity index (χ4n) is 2.01. The van der Waals surface area contributed by atoms with Crippen LogP contribution in [-0.2, 0) is 0 Å². The Balaban J connectivity index is 1.88. The summed E-state index contributed by atoms with van der Waals surface area (Å²) in [6.07, 6.45) is 3.29. The monoisotopic (exact) mass is 312 g/mol. The van der Waals surface area contributed by atoms with Gasteiger partial charge >= 0.3 is 0 Å². The highest BCUT2D eigenvalue weighted by atomic mass is 16.5. The Morgan fingerprint density at radius 1 is 1.30 bits per heavy atom. The van der Waals surface area contributed by atoms with Crippen molar-refractivity contribution in [3.63, 3.8) is 0 Å². The van der Waals surface area contributed by atoms with E-state index in [2.05, 4.69) is 25.7 Å². The number of fused-ring (bicyclic) bond motifs is 1. The third kappa shape index (κ3) is 3.61. The van der Waals surface area contributed by atoms with Crippen molar-refractivity contribution < 1.29 is 9.58 Å². The normalized spacial score (nSPS) is 10.7. The molecular weight excluding hydrogens is 296 g/mol. The molecule has 0 aliphatic rings. The summed E-state index contributed by atoms with van der Waals surface area (Å²) in [7, 11) is 1.85. The topological polar surface area (TPSA) is 98.9 Å². The Labute approximate surface area is 132 Å². The summed E-state index contributed by atoms with van der Waals surface area (Å²) < 4.78 is 5.59. The van der Waals surface area contributed by atoms with E-state index in [0.29, 0.717) is 33.9 Å². The molecule has 0 spiro atoms. The van der Waals surface area contributed by atoms with E-state index in [4.69, 9.17) is 4.74 Å². The molecule has 0 atom stereocenters. The van der Waals surface area contributed by atoms with E-state index < -0.39 is 0 Å². The van der Waals surface area contributed by atoms with E-state index in [-0.39, 0.29) is 5.95 Å². The SMILES string of the molecule is CNCCOc1ccc2c(c1)nc(Nc1cccnc1)n[n+]2[O-]. The molecule has 2 N–H and O–H groups in total. The lowest BCUT2D eigenvalue weighted by Gasteiger charge is -2.07. The van der Waals surface area contributed by atoms with E-state index in [0.717, 1.165) is 6.54 Å². The van der Waals surface area contributed by atoms with Gasteiger partial charge < -0.3 is 20.6 Å². The van der Waals surface area contributed by atoms with E-state index in [1.54, 1.807) is 36.7 Å². The second-order valence-corrected chi connectivity index (χ2v) is 4.78. The first kappa shape index (κ1) is 14.9. The maximum absolute atomic E-state index is 12.0. The minimum atomic E-state index is 0.202. The molecule has 0 saturated carbocycles. The van der Waals surface area contributed by atoms with Crippen LogP contribution in [0.1, 0.15) is 0 Å². The highest BCUT2D eigenvalue weighted by Gasteiger charge is 2.12. The summed E-state index contributed by atoms with van der Waals surface area (Å²) in [5.41, 5.74) is 1.58. The van der Waals surface area contributed by atoms with Crippen LogP contribution in [0.5, 0.6) is 5.75 Å². The van der Waals surface area contributed by atoms with Crippen molar-refractivity contribution in [2.45, 2.75) is 0 Å². The van der Waals surface area contributed by atoms with Crippen LogP contribution in [0.2, 0.25) is 0 Å². The predicted molar refractivity (Wildman–Crippen MR) is 85.4 cm³/mol. The Bertz CT molecular complexity index is 797. The Morgan fingerprint density at radius 3 is 3.00 bits per heavy atom. The third-order valence-corrected chi connectivity index (χ3v) is 3.10. The molecule has 0 fully saturated rings. The minimum absolute atomic E-state index is 0.202. The number of hydrogen-bond acceptors (Lipinski definition) is 7. The van der Waals surface area contributed by atoms with Gasteiger partial charge in [-0.3, -0.25) is 4.98 Å². The summed E-state index contributed by atoms with van der Waals surface area (Å²) in [4.78, 5) is 8.89. The number of nitrogens with one attached hydrogen (secondary N) is 2. The lowest BCUT2D eigenvalue weighted by Crippen LogP contribution is -2.33. The third-order valence-electron chi connectivity index (χ3n) is 3.10. The number of pyridine rings is 1. The first-order valence-corrected chi connectivity index (χ1v) is 7.12. The van der Waals surface area contributed by atoms with E-state index in [9.17, 15) is 5.21 Å². The van der Waals surface area contributed by atoms with Crippen molar-refractivity contribution in [2.24, 2.45) is 0 Å². The molecule has 0 aliphatic carbocycles. The zero-order valence-corrected chi connectivity index (χ0v) is 12.6. The number of aromatic nitrogens is 4. The van der Waals surface area contributed by atoms with Gasteiger partial charge in [-0.05, 0) is 30.1 Å². The minimum Gasteiger partial charge on any atom is -0.594 e. The molecule has 3 rings (SSSR count). The molecule has 0 aliphatic heterocycles. The summed E-state index contributed by atoms with van der Waals surface area (Å²) in [5.74, 6) is 0.853. The van der Waals surface area contributed by atoms with Crippen molar-refractivity contribution >= 4 is 22.7 Å². The average molecular weight is 312 g/mol. The number of ether oxygens (including phenoxy) is 1. The average Bonchev–Trinajstić information content (AvgIpc) is 2.56. The maximum atomic E-state index is 12.0. The molecule has 118 valence electrons. The standard InChI is InChI=1S/C15H16N6O2/c1-16-7-8-23-12-4-5-14-13(9-12)19-15(20-21(14)22)18-11-3-2-6-17-10-11/h2-6,9-10,16H,7-8H2,1H3,(H,18,19,20). The van der Waals surface area contributed by atoms with Gasteiger partial charge in [-0.1, -0.05) is 0 Å². The van der Waals surface area contributed by atoms with Crippen LogP contribution in [0.4, 0.5) is 11.6 Å². The number of nitrogens with zero attached hydrogens (tertiary/aromatic N) is 4. The van der Waals surface area contributed by atoms with Gasteiger partial charge in [0, 0.05) is 24.9 Å². The van der Waals surface area contributed by atoms with Crippen molar-refractivity contribution in [3.8, 4) is 5.75 Å². The molecule has 8 nitrogen and oxygen atoms in total. The molecule has 0 radical (unpaired) electrons. The molecule has 0 bridgehead atoms. The van der Waals surface area contributed by atoms with Crippen molar-refractivity contribution in [1.82, 2.24) is 20.4 Å². The van der Waals surface area contributed by atoms with Gasteiger partial charge in [-0.25, -0.2) is 4.98 Å². The summed E-state index contributed by atoms with van der Waals surface area (Å²) >= 11 is 0. The highest BCUT2D eigenvalue weighted by Crippen LogP contribution is 2.18. The van der Waals surface area contributed by atoms with Gasteiger partial charge in [0.2, 0.25) is 0 Å². The predicted octanol–water partition coefficient (Wildman–Crippen LogP) is 1.000. The largest absolute Gasteiger partial charge is 0.594 e. The van der Waals surface area contributed by atoms with Gasteiger partial charge in [0.15, 0.2) is 0 Å². The number of benzene rings is 1. The number of hydrogen-bond donors (Lipinski definition) is 2. The smallest absolute Gasteiger partial charge is 0.295 e. The van der Waals surface area contributed by atoms with Crippen LogP contribution in [0.3, 0.4) is 0 Å². The second-order valence-electron chi connectivity index (χ2n) is 4.78. The van der Waals surface area contributed by atoms with Crippen molar-refractivity contribution in [1.29, 1.82) is 0 Å². The molecule has 2 aromatic heterocycles. The first-order valence-electron chi connectivity index (χ1n) is 7.12. The van der Waals surface area contributed by atoms with Crippen LogP contribution in [0, 0.1) is 5.21 Å². The molecular formula is C15H16N6O2. The fourth-order valence-corrected chi connectivity index (χ4v) is 2.01. The Kier molecular flexibility index (Phi) is 4.44. The van der Waals surface area contributed by atoms with Gasteiger partial charge in [0.25, 0.3) is 11.5 Å². The quantitative estimate of drug-likeness (QED) is 0.398.